The van der Waals surface area contributed by atoms with Crippen LogP contribution in [-0.4, -0.2) is 25.1 Å². The summed E-state index contributed by atoms with van der Waals surface area (Å²) in [5, 5.41) is 9.90. The molecule has 1 atom stereocenters. The molecule has 134 valence electrons. The summed E-state index contributed by atoms with van der Waals surface area (Å²) in [5.41, 5.74) is 1.55. The second kappa shape index (κ2) is 7.27. The van der Waals surface area contributed by atoms with Crippen LogP contribution >= 0.6 is 22.9 Å². The molecule has 3 aromatic rings. The van der Waals surface area contributed by atoms with E-state index in [9.17, 15) is 4.79 Å². The Morgan fingerprint density at radius 2 is 2.12 bits per heavy atom. The van der Waals surface area contributed by atoms with Gasteiger partial charge in [-0.25, -0.2) is 0 Å². The number of carbonyl (C=O) groups excluding carboxylic acids is 1. The Morgan fingerprint density at radius 3 is 2.88 bits per heavy atom. The van der Waals surface area contributed by atoms with Crippen LogP contribution in [0.4, 0.5) is 0 Å². The van der Waals surface area contributed by atoms with Crippen molar-refractivity contribution in [1.82, 2.24) is 10.6 Å². The van der Waals surface area contributed by atoms with Crippen molar-refractivity contribution in [1.29, 1.82) is 0 Å². The van der Waals surface area contributed by atoms with Gasteiger partial charge in [-0.1, -0.05) is 29.8 Å². The monoisotopic (exact) mass is 386 g/mol. The standard InChI is InChI=1S/C20H19ClN2O2S/c1-12(17-11-26-19-5-3-2-4-15(17)19)23-20(24)16-8-13(6-7-18(16)21)25-14-9-22-10-14/h2-8,11-12,14,22H,9-10H2,1H3,(H,23,24). The second-order valence-corrected chi connectivity index (χ2v) is 7.74. The molecule has 1 fully saturated rings. The van der Waals surface area contributed by atoms with Crippen LogP contribution in [0, 0.1) is 0 Å². The Labute approximate surface area is 161 Å². The van der Waals surface area contributed by atoms with E-state index < -0.39 is 0 Å². The third-order valence-corrected chi connectivity index (χ3v) is 5.87. The van der Waals surface area contributed by atoms with Gasteiger partial charge in [-0.05, 0) is 47.5 Å². The number of thiophene rings is 1. The number of carbonyl (C=O) groups is 1. The number of amides is 1. The number of ether oxygens (including phenoxy) is 1. The number of nitrogens with one attached hydrogen (secondary N) is 2. The van der Waals surface area contributed by atoms with Crippen LogP contribution in [0.5, 0.6) is 5.75 Å². The molecule has 2 N–H and O–H groups in total. The number of fused-ring (bicyclic) bond motifs is 1. The zero-order valence-corrected chi connectivity index (χ0v) is 15.9. The Morgan fingerprint density at radius 1 is 1.31 bits per heavy atom. The molecule has 2 aromatic carbocycles. The molecule has 2 heterocycles. The van der Waals surface area contributed by atoms with Crippen molar-refractivity contribution in [3.63, 3.8) is 0 Å². The molecular weight excluding hydrogens is 368 g/mol. The summed E-state index contributed by atoms with van der Waals surface area (Å²) >= 11 is 7.94. The van der Waals surface area contributed by atoms with E-state index in [1.807, 2.05) is 19.1 Å². The lowest BCUT2D eigenvalue weighted by molar-refractivity contribution is 0.0938. The maximum Gasteiger partial charge on any atom is 0.253 e. The predicted molar refractivity (Wildman–Crippen MR) is 106 cm³/mol. The van der Waals surface area contributed by atoms with E-state index in [0.717, 1.165) is 18.7 Å². The minimum Gasteiger partial charge on any atom is -0.488 e. The summed E-state index contributed by atoms with van der Waals surface area (Å²) in [6.45, 7) is 3.64. The van der Waals surface area contributed by atoms with Gasteiger partial charge in [0.05, 0.1) is 16.6 Å². The van der Waals surface area contributed by atoms with Gasteiger partial charge in [-0.15, -0.1) is 11.3 Å². The van der Waals surface area contributed by atoms with Gasteiger partial charge in [0.1, 0.15) is 11.9 Å². The minimum absolute atomic E-state index is 0.116. The van der Waals surface area contributed by atoms with E-state index in [0.29, 0.717) is 16.3 Å². The largest absolute Gasteiger partial charge is 0.488 e. The molecule has 0 radical (unpaired) electrons. The van der Waals surface area contributed by atoms with Gasteiger partial charge in [-0.3, -0.25) is 4.79 Å². The van der Waals surface area contributed by atoms with Gasteiger partial charge >= 0.3 is 0 Å². The number of rotatable bonds is 5. The maximum absolute atomic E-state index is 12.8. The average molecular weight is 387 g/mol. The van der Waals surface area contributed by atoms with E-state index in [-0.39, 0.29) is 18.1 Å². The van der Waals surface area contributed by atoms with Crippen LogP contribution in [0.3, 0.4) is 0 Å². The summed E-state index contributed by atoms with van der Waals surface area (Å²) in [4.78, 5) is 12.8. The first-order chi connectivity index (χ1) is 12.6. The highest BCUT2D eigenvalue weighted by Crippen LogP contribution is 2.31. The van der Waals surface area contributed by atoms with Crippen molar-refractivity contribution in [2.24, 2.45) is 0 Å². The van der Waals surface area contributed by atoms with E-state index >= 15 is 0 Å². The van der Waals surface area contributed by atoms with Crippen molar-refractivity contribution in [2.75, 3.05) is 13.1 Å². The smallest absolute Gasteiger partial charge is 0.253 e. The van der Waals surface area contributed by atoms with Crippen molar-refractivity contribution < 1.29 is 9.53 Å². The molecule has 6 heteroatoms. The Balaban J connectivity index is 1.52. The molecule has 1 aliphatic heterocycles. The quantitative estimate of drug-likeness (QED) is 0.683. The van der Waals surface area contributed by atoms with Gasteiger partial charge in [0.15, 0.2) is 0 Å². The first-order valence-electron chi connectivity index (χ1n) is 8.56. The molecular formula is C20H19ClN2O2S. The van der Waals surface area contributed by atoms with Gasteiger partial charge in [0, 0.05) is 17.8 Å². The average Bonchev–Trinajstić information content (AvgIpc) is 3.03. The van der Waals surface area contributed by atoms with Crippen molar-refractivity contribution in [3.8, 4) is 5.75 Å². The lowest BCUT2D eigenvalue weighted by atomic mass is 10.1. The number of benzene rings is 2. The molecule has 0 aliphatic carbocycles. The fourth-order valence-corrected chi connectivity index (χ4v) is 4.23. The van der Waals surface area contributed by atoms with Crippen LogP contribution in [0.15, 0.2) is 47.8 Å². The summed E-state index contributed by atoms with van der Waals surface area (Å²) < 4.78 is 7.05. The third-order valence-electron chi connectivity index (χ3n) is 4.55. The molecule has 0 spiro atoms. The van der Waals surface area contributed by atoms with Crippen LogP contribution in [0.2, 0.25) is 5.02 Å². The van der Waals surface area contributed by atoms with Crippen molar-refractivity contribution in [2.45, 2.75) is 19.1 Å². The van der Waals surface area contributed by atoms with Crippen LogP contribution in [0.1, 0.15) is 28.9 Å². The van der Waals surface area contributed by atoms with Crippen LogP contribution < -0.4 is 15.4 Å². The van der Waals surface area contributed by atoms with Crippen LogP contribution in [0.25, 0.3) is 10.1 Å². The van der Waals surface area contributed by atoms with Crippen LogP contribution in [-0.2, 0) is 0 Å². The van der Waals surface area contributed by atoms with Gasteiger partial charge < -0.3 is 15.4 Å². The summed E-state index contributed by atoms with van der Waals surface area (Å²) in [7, 11) is 0. The van der Waals surface area contributed by atoms with Gasteiger partial charge in [-0.2, -0.15) is 0 Å². The van der Waals surface area contributed by atoms with E-state index in [2.05, 4.69) is 28.1 Å². The maximum atomic E-state index is 12.8. The molecule has 1 amide bonds. The lowest BCUT2D eigenvalue weighted by Gasteiger charge is -2.28. The second-order valence-electron chi connectivity index (χ2n) is 6.42. The highest BCUT2D eigenvalue weighted by Gasteiger charge is 2.21. The van der Waals surface area contributed by atoms with Crippen molar-refractivity contribution in [3.05, 3.63) is 64.0 Å². The van der Waals surface area contributed by atoms with E-state index in [1.54, 1.807) is 29.5 Å². The molecule has 0 saturated carbocycles. The third kappa shape index (κ3) is 3.43. The first kappa shape index (κ1) is 17.3. The molecule has 26 heavy (non-hydrogen) atoms. The molecule has 1 saturated heterocycles. The lowest BCUT2D eigenvalue weighted by Crippen LogP contribution is -2.50. The van der Waals surface area contributed by atoms with Gasteiger partial charge in [0.25, 0.3) is 5.91 Å². The predicted octanol–water partition coefficient (Wildman–Crippen LogP) is 4.40. The Kier molecular flexibility index (Phi) is 4.85. The fraction of sp³-hybridized carbons (Fsp3) is 0.250. The normalized spacial score (nSPS) is 15.5. The first-order valence-corrected chi connectivity index (χ1v) is 9.81. The molecule has 4 nitrogen and oxygen atoms in total. The highest BCUT2D eigenvalue weighted by molar-refractivity contribution is 7.17. The Bertz CT molecular complexity index is 952. The Hall–Kier alpha value is -2.08. The molecule has 1 aromatic heterocycles. The number of hydrogen-bond acceptors (Lipinski definition) is 4. The number of halogens is 1. The van der Waals surface area contributed by atoms with E-state index in [1.165, 1.54) is 10.1 Å². The molecule has 0 bridgehead atoms. The SMILES string of the molecule is CC(NC(=O)c1cc(OC2CNC2)ccc1Cl)c1csc2ccccc12. The van der Waals surface area contributed by atoms with Gasteiger partial charge in [0.2, 0.25) is 0 Å². The zero-order chi connectivity index (χ0) is 18.1. The summed E-state index contributed by atoms with van der Waals surface area (Å²) in [6.07, 6.45) is 0.156. The van der Waals surface area contributed by atoms with E-state index in [4.69, 9.17) is 16.3 Å². The zero-order valence-electron chi connectivity index (χ0n) is 14.3. The number of hydrogen-bond donors (Lipinski definition) is 2. The molecule has 1 aliphatic rings. The molecule has 4 rings (SSSR count). The summed E-state index contributed by atoms with van der Waals surface area (Å²) in [5.74, 6) is 0.467. The highest BCUT2D eigenvalue weighted by atomic mass is 35.5. The van der Waals surface area contributed by atoms with Crippen molar-refractivity contribution >= 4 is 38.9 Å². The fourth-order valence-electron chi connectivity index (χ4n) is 2.98. The molecule has 1 unspecified atom stereocenters. The topological polar surface area (TPSA) is 50.4 Å². The summed E-state index contributed by atoms with van der Waals surface area (Å²) in [6, 6.07) is 13.3. The minimum atomic E-state index is -0.199.